The number of anilines is 3. The summed E-state index contributed by atoms with van der Waals surface area (Å²) in [6, 6.07) is 17.2. The number of amides is 1. The van der Waals surface area contributed by atoms with E-state index in [2.05, 4.69) is 40.5 Å². The Morgan fingerprint density at radius 3 is 2.29 bits per heavy atom. The van der Waals surface area contributed by atoms with Gasteiger partial charge in [-0.25, -0.2) is 9.97 Å². The monoisotopic (exact) mass is 374 g/mol. The van der Waals surface area contributed by atoms with E-state index in [1.165, 1.54) is 0 Å². The zero-order chi connectivity index (χ0) is 20.1. The topological polar surface area (TPSA) is 66.9 Å². The van der Waals surface area contributed by atoms with Gasteiger partial charge in [0.1, 0.15) is 0 Å². The molecule has 2 N–H and O–H groups in total. The smallest absolute Gasteiger partial charge is 0.255 e. The summed E-state index contributed by atoms with van der Waals surface area (Å²) in [6.45, 7) is 8.18. The van der Waals surface area contributed by atoms with Crippen LogP contribution in [-0.2, 0) is 0 Å². The molecule has 5 nitrogen and oxygen atoms in total. The van der Waals surface area contributed by atoms with Crippen molar-refractivity contribution in [2.75, 3.05) is 10.6 Å². The number of nitrogens with one attached hydrogen (secondary N) is 2. The van der Waals surface area contributed by atoms with Gasteiger partial charge < -0.3 is 10.6 Å². The highest BCUT2D eigenvalue weighted by atomic mass is 16.1. The molecule has 0 saturated heterocycles. The van der Waals surface area contributed by atoms with E-state index in [-0.39, 0.29) is 5.91 Å². The van der Waals surface area contributed by atoms with Crippen molar-refractivity contribution in [3.63, 3.8) is 0 Å². The SMILES string of the molecule is CCC(C)c1ccccc1NC(=O)c1ccc(Nc2nc(C)cc(C)n2)cc1. The van der Waals surface area contributed by atoms with Crippen molar-refractivity contribution in [3.05, 3.63) is 77.1 Å². The molecule has 3 rings (SSSR count). The van der Waals surface area contributed by atoms with E-state index in [1.807, 2.05) is 50.2 Å². The number of nitrogens with zero attached hydrogens (tertiary/aromatic N) is 2. The molecule has 3 aromatic rings. The molecule has 0 aliphatic heterocycles. The second-order valence-electron chi connectivity index (χ2n) is 7.03. The van der Waals surface area contributed by atoms with E-state index in [0.717, 1.165) is 34.7 Å². The summed E-state index contributed by atoms with van der Waals surface area (Å²) in [4.78, 5) is 21.4. The van der Waals surface area contributed by atoms with Gasteiger partial charge in [0, 0.05) is 28.3 Å². The first kappa shape index (κ1) is 19.5. The van der Waals surface area contributed by atoms with Crippen molar-refractivity contribution >= 4 is 23.2 Å². The van der Waals surface area contributed by atoms with Gasteiger partial charge in [0.25, 0.3) is 5.91 Å². The average molecular weight is 374 g/mol. The summed E-state index contributed by atoms with van der Waals surface area (Å²) >= 11 is 0. The number of benzene rings is 2. The number of para-hydroxylation sites is 1. The van der Waals surface area contributed by atoms with Gasteiger partial charge >= 0.3 is 0 Å². The van der Waals surface area contributed by atoms with E-state index in [0.29, 0.717) is 17.4 Å². The van der Waals surface area contributed by atoms with Gasteiger partial charge in [-0.15, -0.1) is 0 Å². The Labute approximate surface area is 166 Å². The highest BCUT2D eigenvalue weighted by Gasteiger charge is 2.12. The van der Waals surface area contributed by atoms with Crippen LogP contribution in [0.5, 0.6) is 0 Å². The Kier molecular flexibility index (Phi) is 6.04. The van der Waals surface area contributed by atoms with Crippen molar-refractivity contribution < 1.29 is 4.79 Å². The van der Waals surface area contributed by atoms with Crippen molar-refractivity contribution in [2.24, 2.45) is 0 Å². The number of carbonyl (C=O) groups is 1. The maximum absolute atomic E-state index is 12.7. The van der Waals surface area contributed by atoms with Crippen LogP contribution < -0.4 is 10.6 Å². The minimum absolute atomic E-state index is 0.120. The first-order valence-electron chi connectivity index (χ1n) is 9.56. The van der Waals surface area contributed by atoms with Crippen LogP contribution in [0.2, 0.25) is 0 Å². The predicted octanol–water partition coefficient (Wildman–Crippen LogP) is 5.60. The minimum Gasteiger partial charge on any atom is -0.324 e. The molecule has 5 heteroatoms. The lowest BCUT2D eigenvalue weighted by atomic mass is 9.97. The van der Waals surface area contributed by atoms with E-state index in [4.69, 9.17) is 0 Å². The molecule has 1 aromatic heterocycles. The highest BCUT2D eigenvalue weighted by molar-refractivity contribution is 6.04. The molecule has 0 saturated carbocycles. The zero-order valence-corrected chi connectivity index (χ0v) is 16.8. The number of carbonyl (C=O) groups excluding carboxylic acids is 1. The quantitative estimate of drug-likeness (QED) is 0.589. The van der Waals surface area contributed by atoms with Crippen LogP contribution in [0.15, 0.2) is 54.6 Å². The molecule has 28 heavy (non-hydrogen) atoms. The molecule has 1 amide bonds. The maximum Gasteiger partial charge on any atom is 0.255 e. The molecule has 0 spiro atoms. The fourth-order valence-electron chi connectivity index (χ4n) is 3.07. The van der Waals surface area contributed by atoms with Crippen LogP contribution >= 0.6 is 0 Å². The Hall–Kier alpha value is -3.21. The molecule has 1 heterocycles. The van der Waals surface area contributed by atoms with Gasteiger partial charge in [0.2, 0.25) is 5.95 Å². The van der Waals surface area contributed by atoms with Gasteiger partial charge in [0.15, 0.2) is 0 Å². The molecule has 0 aliphatic rings. The lowest BCUT2D eigenvalue weighted by Crippen LogP contribution is -2.14. The molecule has 0 aliphatic carbocycles. The van der Waals surface area contributed by atoms with Gasteiger partial charge in [-0.3, -0.25) is 4.79 Å². The Balaban J connectivity index is 1.72. The largest absolute Gasteiger partial charge is 0.324 e. The summed E-state index contributed by atoms with van der Waals surface area (Å²) in [5.74, 6) is 0.822. The Morgan fingerprint density at radius 2 is 1.64 bits per heavy atom. The number of rotatable bonds is 6. The van der Waals surface area contributed by atoms with Crippen LogP contribution in [0.25, 0.3) is 0 Å². The lowest BCUT2D eigenvalue weighted by Gasteiger charge is -2.15. The number of aryl methyl sites for hydroxylation is 2. The molecule has 0 radical (unpaired) electrons. The van der Waals surface area contributed by atoms with Gasteiger partial charge in [-0.1, -0.05) is 32.0 Å². The van der Waals surface area contributed by atoms with Crippen molar-refractivity contribution in [3.8, 4) is 0 Å². The van der Waals surface area contributed by atoms with Gasteiger partial charge in [0.05, 0.1) is 0 Å². The fourth-order valence-corrected chi connectivity index (χ4v) is 3.07. The van der Waals surface area contributed by atoms with Crippen LogP contribution in [-0.4, -0.2) is 15.9 Å². The molecular weight excluding hydrogens is 348 g/mol. The molecule has 1 unspecified atom stereocenters. The minimum atomic E-state index is -0.120. The van der Waals surface area contributed by atoms with Crippen molar-refractivity contribution in [1.29, 1.82) is 0 Å². The van der Waals surface area contributed by atoms with Crippen molar-refractivity contribution in [1.82, 2.24) is 9.97 Å². The molecular formula is C23H26N4O. The number of hydrogen-bond acceptors (Lipinski definition) is 4. The van der Waals surface area contributed by atoms with Gasteiger partial charge in [-0.05, 0) is 68.1 Å². The third-order valence-electron chi connectivity index (χ3n) is 4.74. The molecule has 144 valence electrons. The number of hydrogen-bond donors (Lipinski definition) is 2. The Bertz CT molecular complexity index is 946. The van der Waals surface area contributed by atoms with E-state index < -0.39 is 0 Å². The third kappa shape index (κ3) is 4.74. The summed E-state index contributed by atoms with van der Waals surface area (Å²) in [6.07, 6.45) is 1.02. The summed E-state index contributed by atoms with van der Waals surface area (Å²) in [7, 11) is 0. The first-order valence-corrected chi connectivity index (χ1v) is 9.56. The third-order valence-corrected chi connectivity index (χ3v) is 4.74. The second-order valence-corrected chi connectivity index (χ2v) is 7.03. The van der Waals surface area contributed by atoms with E-state index in [9.17, 15) is 4.79 Å². The summed E-state index contributed by atoms with van der Waals surface area (Å²) < 4.78 is 0. The lowest BCUT2D eigenvalue weighted by molar-refractivity contribution is 0.102. The van der Waals surface area contributed by atoms with Crippen LogP contribution in [0.1, 0.15) is 53.5 Å². The van der Waals surface area contributed by atoms with Gasteiger partial charge in [-0.2, -0.15) is 0 Å². The van der Waals surface area contributed by atoms with Crippen LogP contribution in [0, 0.1) is 13.8 Å². The standard InChI is InChI=1S/C23H26N4O/c1-5-15(2)20-8-6-7-9-21(20)27-22(28)18-10-12-19(13-11-18)26-23-24-16(3)14-17(4)25-23/h6-15H,5H2,1-4H3,(H,27,28)(H,24,25,26). The molecule has 0 fully saturated rings. The fraction of sp³-hybridized carbons (Fsp3) is 0.261. The first-order chi connectivity index (χ1) is 13.5. The Morgan fingerprint density at radius 1 is 1.00 bits per heavy atom. The molecule has 0 bridgehead atoms. The highest BCUT2D eigenvalue weighted by Crippen LogP contribution is 2.27. The zero-order valence-electron chi connectivity index (χ0n) is 16.8. The summed E-state index contributed by atoms with van der Waals surface area (Å²) in [5.41, 5.74) is 5.28. The average Bonchev–Trinajstić information content (AvgIpc) is 2.67. The molecule has 2 aromatic carbocycles. The number of aromatic nitrogens is 2. The normalized spacial score (nSPS) is 11.7. The van der Waals surface area contributed by atoms with Crippen LogP contribution in [0.3, 0.4) is 0 Å². The summed E-state index contributed by atoms with van der Waals surface area (Å²) in [5, 5.41) is 6.22. The maximum atomic E-state index is 12.7. The predicted molar refractivity (Wildman–Crippen MR) is 114 cm³/mol. The molecule has 1 atom stereocenters. The van der Waals surface area contributed by atoms with E-state index >= 15 is 0 Å². The van der Waals surface area contributed by atoms with Crippen LogP contribution in [0.4, 0.5) is 17.3 Å². The van der Waals surface area contributed by atoms with E-state index in [1.54, 1.807) is 12.1 Å². The van der Waals surface area contributed by atoms with Crippen molar-refractivity contribution in [2.45, 2.75) is 40.0 Å². The second kappa shape index (κ2) is 8.65.